The Labute approximate surface area is 104 Å². The lowest BCUT2D eigenvalue weighted by molar-refractivity contribution is -0.0710. The second kappa shape index (κ2) is 4.52. The Bertz CT molecular complexity index is 283. The number of hydrogen-bond donors (Lipinski definition) is 1. The Kier molecular flexibility index (Phi) is 3.18. The summed E-state index contributed by atoms with van der Waals surface area (Å²) in [5.41, 5.74) is 0. The minimum atomic E-state index is 0.441. The Morgan fingerprint density at radius 1 is 1.12 bits per heavy atom. The minimum absolute atomic E-state index is 0.441. The summed E-state index contributed by atoms with van der Waals surface area (Å²) in [6.07, 6.45) is 6.21. The van der Waals surface area contributed by atoms with Gasteiger partial charge in [0.1, 0.15) is 0 Å². The molecule has 1 aliphatic carbocycles. The van der Waals surface area contributed by atoms with E-state index in [1.54, 1.807) is 0 Å². The number of nitrogens with one attached hydrogen (secondary N) is 1. The molecule has 2 aliphatic heterocycles. The Balaban J connectivity index is 1.77. The molecule has 0 aromatic carbocycles. The quantitative estimate of drug-likeness (QED) is 0.759. The normalized spacial score (nSPS) is 54.2. The fraction of sp³-hybridized carbons (Fsp3) is 1.00. The number of methoxy groups -OCH3 is 1. The van der Waals surface area contributed by atoms with Crippen molar-refractivity contribution < 1.29 is 9.47 Å². The largest absolute Gasteiger partial charge is 0.381 e. The molecule has 1 N–H and O–H groups in total. The Morgan fingerprint density at radius 2 is 1.94 bits per heavy atom. The molecule has 0 amide bonds. The van der Waals surface area contributed by atoms with Gasteiger partial charge in [0.25, 0.3) is 0 Å². The van der Waals surface area contributed by atoms with Crippen molar-refractivity contribution in [1.29, 1.82) is 0 Å². The molecule has 7 atom stereocenters. The van der Waals surface area contributed by atoms with Crippen LogP contribution in [0.5, 0.6) is 0 Å². The molecular weight excluding hydrogens is 214 g/mol. The zero-order valence-corrected chi connectivity index (χ0v) is 11.2. The molecule has 3 aliphatic rings. The number of rotatable bonds is 1. The van der Waals surface area contributed by atoms with E-state index in [4.69, 9.17) is 9.47 Å². The summed E-state index contributed by atoms with van der Waals surface area (Å²) in [6.45, 7) is 4.55. The van der Waals surface area contributed by atoms with E-state index in [-0.39, 0.29) is 0 Å². The molecule has 1 saturated carbocycles. The predicted molar refractivity (Wildman–Crippen MR) is 67.0 cm³/mol. The number of ether oxygens (including phenoxy) is 2. The monoisotopic (exact) mass is 239 g/mol. The molecule has 3 fully saturated rings. The summed E-state index contributed by atoms with van der Waals surface area (Å²) in [5.74, 6) is 1.38. The lowest BCUT2D eigenvalue weighted by Crippen LogP contribution is -2.59. The fourth-order valence-corrected chi connectivity index (χ4v) is 4.26. The van der Waals surface area contributed by atoms with Crippen LogP contribution >= 0.6 is 0 Å². The first-order valence-corrected chi connectivity index (χ1v) is 7.13. The standard InChI is InChI=1S/C14H25NO2/c1-8-6-11-9(2)15-13-5-4-10(16-3)7-12(13)14(11)17-8/h8-15H,4-7H2,1-3H3. The van der Waals surface area contributed by atoms with Crippen molar-refractivity contribution >= 4 is 0 Å². The topological polar surface area (TPSA) is 30.5 Å². The van der Waals surface area contributed by atoms with Crippen molar-refractivity contribution in [2.75, 3.05) is 7.11 Å². The van der Waals surface area contributed by atoms with E-state index in [0.29, 0.717) is 42.2 Å². The third-order valence-corrected chi connectivity index (χ3v) is 5.14. The van der Waals surface area contributed by atoms with Crippen LogP contribution in [0, 0.1) is 11.8 Å². The van der Waals surface area contributed by atoms with Crippen LogP contribution in [0.2, 0.25) is 0 Å². The summed E-state index contributed by atoms with van der Waals surface area (Å²) in [6, 6.07) is 1.27. The Hall–Kier alpha value is -0.120. The molecular formula is C14H25NO2. The zero-order valence-electron chi connectivity index (χ0n) is 11.2. The van der Waals surface area contributed by atoms with Crippen molar-refractivity contribution in [3.05, 3.63) is 0 Å². The molecule has 0 radical (unpaired) electrons. The smallest absolute Gasteiger partial charge is 0.0666 e. The van der Waals surface area contributed by atoms with Gasteiger partial charge in [-0.15, -0.1) is 0 Å². The first-order chi connectivity index (χ1) is 8.19. The van der Waals surface area contributed by atoms with Gasteiger partial charge in [-0.2, -0.15) is 0 Å². The molecule has 0 bridgehead atoms. The molecule has 3 heteroatoms. The third-order valence-electron chi connectivity index (χ3n) is 5.14. The lowest BCUT2D eigenvalue weighted by Gasteiger charge is -2.47. The summed E-state index contributed by atoms with van der Waals surface area (Å²) in [5, 5.41) is 3.82. The summed E-state index contributed by atoms with van der Waals surface area (Å²) < 4.78 is 11.8. The van der Waals surface area contributed by atoms with Crippen molar-refractivity contribution in [2.45, 2.75) is 69.9 Å². The highest BCUT2D eigenvalue weighted by Crippen LogP contribution is 2.43. The third kappa shape index (κ3) is 2.02. The van der Waals surface area contributed by atoms with Gasteiger partial charge in [0.05, 0.1) is 18.3 Å². The van der Waals surface area contributed by atoms with Gasteiger partial charge in [-0.05, 0) is 39.5 Å². The van der Waals surface area contributed by atoms with Crippen LogP contribution in [-0.2, 0) is 9.47 Å². The summed E-state index contributed by atoms with van der Waals surface area (Å²) in [7, 11) is 1.85. The van der Waals surface area contributed by atoms with Crippen molar-refractivity contribution in [1.82, 2.24) is 5.32 Å². The molecule has 3 rings (SSSR count). The minimum Gasteiger partial charge on any atom is -0.381 e. The lowest BCUT2D eigenvalue weighted by atomic mass is 9.70. The average molecular weight is 239 g/mol. The highest BCUT2D eigenvalue weighted by molar-refractivity contribution is 5.02. The maximum Gasteiger partial charge on any atom is 0.0666 e. The van der Waals surface area contributed by atoms with Crippen LogP contribution < -0.4 is 5.32 Å². The van der Waals surface area contributed by atoms with Gasteiger partial charge in [-0.25, -0.2) is 0 Å². The van der Waals surface area contributed by atoms with Crippen LogP contribution in [0.1, 0.15) is 39.5 Å². The highest BCUT2D eigenvalue weighted by atomic mass is 16.5. The van der Waals surface area contributed by atoms with E-state index in [1.165, 1.54) is 25.7 Å². The van der Waals surface area contributed by atoms with Crippen molar-refractivity contribution in [2.24, 2.45) is 11.8 Å². The van der Waals surface area contributed by atoms with E-state index in [0.717, 1.165) is 0 Å². The number of piperidine rings is 1. The first-order valence-electron chi connectivity index (χ1n) is 7.13. The predicted octanol–water partition coefficient (Wildman–Crippen LogP) is 1.96. The van der Waals surface area contributed by atoms with E-state index in [2.05, 4.69) is 19.2 Å². The molecule has 2 saturated heterocycles. The Morgan fingerprint density at radius 3 is 2.71 bits per heavy atom. The van der Waals surface area contributed by atoms with Gasteiger partial charge >= 0.3 is 0 Å². The van der Waals surface area contributed by atoms with Crippen LogP contribution in [0.3, 0.4) is 0 Å². The van der Waals surface area contributed by atoms with Gasteiger partial charge in [0.2, 0.25) is 0 Å². The van der Waals surface area contributed by atoms with Gasteiger partial charge in [-0.1, -0.05) is 0 Å². The number of hydrogen-bond acceptors (Lipinski definition) is 3. The molecule has 3 nitrogen and oxygen atoms in total. The van der Waals surface area contributed by atoms with Crippen LogP contribution in [-0.4, -0.2) is 37.5 Å². The fourth-order valence-electron chi connectivity index (χ4n) is 4.26. The van der Waals surface area contributed by atoms with Gasteiger partial charge < -0.3 is 14.8 Å². The SMILES string of the molecule is COC1CCC2NC(C)C3CC(C)OC3C2C1. The first kappa shape index (κ1) is 11.9. The maximum atomic E-state index is 6.20. The molecule has 2 heterocycles. The maximum absolute atomic E-state index is 6.20. The molecule has 17 heavy (non-hydrogen) atoms. The number of fused-ring (bicyclic) bond motifs is 3. The van der Waals surface area contributed by atoms with E-state index >= 15 is 0 Å². The second-order valence-electron chi connectivity index (χ2n) is 6.21. The van der Waals surface area contributed by atoms with Crippen LogP contribution in [0.4, 0.5) is 0 Å². The molecule has 0 aromatic rings. The van der Waals surface area contributed by atoms with Gasteiger partial charge in [0, 0.05) is 31.0 Å². The molecule has 7 unspecified atom stereocenters. The van der Waals surface area contributed by atoms with Crippen molar-refractivity contribution in [3.63, 3.8) is 0 Å². The van der Waals surface area contributed by atoms with Crippen molar-refractivity contribution in [3.8, 4) is 0 Å². The summed E-state index contributed by atoms with van der Waals surface area (Å²) >= 11 is 0. The van der Waals surface area contributed by atoms with E-state index in [1.807, 2.05) is 7.11 Å². The average Bonchev–Trinajstić information content (AvgIpc) is 2.72. The molecule has 0 aromatic heterocycles. The summed E-state index contributed by atoms with van der Waals surface area (Å²) in [4.78, 5) is 0. The van der Waals surface area contributed by atoms with Crippen LogP contribution in [0.15, 0.2) is 0 Å². The zero-order chi connectivity index (χ0) is 12.0. The van der Waals surface area contributed by atoms with E-state index < -0.39 is 0 Å². The van der Waals surface area contributed by atoms with Crippen LogP contribution in [0.25, 0.3) is 0 Å². The van der Waals surface area contributed by atoms with Gasteiger partial charge in [-0.3, -0.25) is 0 Å². The van der Waals surface area contributed by atoms with Gasteiger partial charge in [0.15, 0.2) is 0 Å². The molecule has 98 valence electrons. The van der Waals surface area contributed by atoms with E-state index in [9.17, 15) is 0 Å². The second-order valence-corrected chi connectivity index (χ2v) is 6.21. The molecule has 0 spiro atoms. The highest BCUT2D eigenvalue weighted by Gasteiger charge is 2.49.